The molecular weight excluding hydrogens is 259 g/mol. The first-order valence-electron chi connectivity index (χ1n) is 6.72. The molecule has 0 radical (unpaired) electrons. The zero-order chi connectivity index (χ0) is 14.5. The van der Waals surface area contributed by atoms with Gasteiger partial charge in [-0.05, 0) is 25.8 Å². The molecule has 0 amide bonds. The molecule has 114 valence electrons. The van der Waals surface area contributed by atoms with Crippen LogP contribution in [-0.2, 0) is 9.47 Å². The highest BCUT2D eigenvalue weighted by Crippen LogP contribution is 2.35. The first-order chi connectivity index (χ1) is 8.75. The van der Waals surface area contributed by atoms with E-state index in [1.807, 2.05) is 6.92 Å². The predicted molar refractivity (Wildman–Crippen MR) is 67.0 cm³/mol. The Morgan fingerprint density at radius 3 is 2.58 bits per heavy atom. The molecule has 19 heavy (non-hydrogen) atoms. The number of nitrogens with one attached hydrogen (secondary N) is 1. The molecule has 0 aromatic heterocycles. The molecule has 1 aliphatic heterocycles. The average Bonchev–Trinajstić information content (AvgIpc) is 2.58. The smallest absolute Gasteiger partial charge is 0.378 e. The van der Waals surface area contributed by atoms with Gasteiger partial charge in [-0.15, -0.1) is 0 Å². The summed E-state index contributed by atoms with van der Waals surface area (Å²) in [4.78, 5) is 0. The van der Waals surface area contributed by atoms with Gasteiger partial charge < -0.3 is 14.8 Å². The average molecular weight is 283 g/mol. The molecule has 0 aliphatic carbocycles. The van der Waals surface area contributed by atoms with Crippen molar-refractivity contribution in [1.29, 1.82) is 0 Å². The number of rotatable bonds is 7. The van der Waals surface area contributed by atoms with E-state index in [1.54, 1.807) is 0 Å². The standard InChI is InChI=1S/C13H24F3NO2/c1-10(2)6-17-7-12(4-5-19-11(12)3)8-18-9-13(14,15)16/h10-11,17H,4-9H2,1-3H3. The Labute approximate surface area is 112 Å². The second-order valence-corrected chi connectivity index (χ2v) is 5.76. The first kappa shape index (κ1) is 16.7. The van der Waals surface area contributed by atoms with Crippen molar-refractivity contribution in [2.75, 3.05) is 32.9 Å². The maximum absolute atomic E-state index is 12.1. The Morgan fingerprint density at radius 1 is 1.42 bits per heavy atom. The highest BCUT2D eigenvalue weighted by Gasteiger charge is 2.42. The Hall–Kier alpha value is -0.330. The topological polar surface area (TPSA) is 30.5 Å². The van der Waals surface area contributed by atoms with Gasteiger partial charge in [-0.3, -0.25) is 0 Å². The lowest BCUT2D eigenvalue weighted by molar-refractivity contribution is -0.182. The zero-order valence-electron chi connectivity index (χ0n) is 11.8. The van der Waals surface area contributed by atoms with Crippen LogP contribution in [0.1, 0.15) is 27.2 Å². The fourth-order valence-corrected chi connectivity index (χ4v) is 2.27. The summed E-state index contributed by atoms with van der Waals surface area (Å²) >= 11 is 0. The van der Waals surface area contributed by atoms with Gasteiger partial charge >= 0.3 is 6.18 Å². The van der Waals surface area contributed by atoms with Gasteiger partial charge in [-0.25, -0.2) is 0 Å². The van der Waals surface area contributed by atoms with Crippen LogP contribution in [0.25, 0.3) is 0 Å². The third-order valence-corrected chi connectivity index (χ3v) is 3.52. The number of alkyl halides is 3. The van der Waals surface area contributed by atoms with E-state index in [0.717, 1.165) is 13.0 Å². The highest BCUT2D eigenvalue weighted by molar-refractivity contribution is 4.91. The minimum absolute atomic E-state index is 0.0821. The van der Waals surface area contributed by atoms with Gasteiger partial charge in [0.25, 0.3) is 0 Å². The molecule has 1 heterocycles. The van der Waals surface area contributed by atoms with Gasteiger partial charge in [0, 0.05) is 18.6 Å². The predicted octanol–water partition coefficient (Wildman–Crippen LogP) is 2.61. The van der Waals surface area contributed by atoms with Gasteiger partial charge in [0.2, 0.25) is 0 Å². The molecule has 0 spiro atoms. The van der Waals surface area contributed by atoms with Crippen molar-refractivity contribution in [2.45, 2.75) is 39.5 Å². The molecule has 0 aromatic rings. The van der Waals surface area contributed by atoms with Crippen molar-refractivity contribution in [3.8, 4) is 0 Å². The normalized spacial score (nSPS) is 28.3. The summed E-state index contributed by atoms with van der Waals surface area (Å²) < 4.78 is 46.8. The lowest BCUT2D eigenvalue weighted by Gasteiger charge is -2.32. The molecule has 1 rings (SSSR count). The number of hydrogen-bond donors (Lipinski definition) is 1. The summed E-state index contributed by atoms with van der Waals surface area (Å²) in [5.74, 6) is 0.505. The monoisotopic (exact) mass is 283 g/mol. The Morgan fingerprint density at radius 2 is 2.11 bits per heavy atom. The van der Waals surface area contributed by atoms with Crippen LogP contribution in [0.4, 0.5) is 13.2 Å². The molecule has 1 fully saturated rings. The maximum atomic E-state index is 12.1. The van der Waals surface area contributed by atoms with Crippen LogP contribution in [0.3, 0.4) is 0 Å². The second-order valence-electron chi connectivity index (χ2n) is 5.76. The van der Waals surface area contributed by atoms with Crippen LogP contribution in [0.5, 0.6) is 0 Å². The molecule has 1 aliphatic rings. The second kappa shape index (κ2) is 6.90. The van der Waals surface area contributed by atoms with Gasteiger partial charge in [-0.2, -0.15) is 13.2 Å². The quantitative estimate of drug-likeness (QED) is 0.779. The van der Waals surface area contributed by atoms with Crippen molar-refractivity contribution in [1.82, 2.24) is 5.32 Å². The van der Waals surface area contributed by atoms with Crippen LogP contribution in [0.2, 0.25) is 0 Å². The fraction of sp³-hybridized carbons (Fsp3) is 1.00. The molecule has 0 bridgehead atoms. The molecule has 2 unspecified atom stereocenters. The van der Waals surface area contributed by atoms with Crippen molar-refractivity contribution in [2.24, 2.45) is 11.3 Å². The fourth-order valence-electron chi connectivity index (χ4n) is 2.27. The Bertz CT molecular complexity index is 271. The van der Waals surface area contributed by atoms with Gasteiger partial charge in [0.15, 0.2) is 0 Å². The maximum Gasteiger partial charge on any atom is 0.411 e. The third-order valence-electron chi connectivity index (χ3n) is 3.52. The molecule has 1 N–H and O–H groups in total. The molecule has 2 atom stereocenters. The van der Waals surface area contributed by atoms with E-state index in [4.69, 9.17) is 9.47 Å². The molecule has 1 saturated heterocycles. The van der Waals surface area contributed by atoms with E-state index in [2.05, 4.69) is 19.2 Å². The van der Waals surface area contributed by atoms with Gasteiger partial charge in [0.05, 0.1) is 12.7 Å². The van der Waals surface area contributed by atoms with Crippen LogP contribution in [-0.4, -0.2) is 45.2 Å². The van der Waals surface area contributed by atoms with E-state index < -0.39 is 12.8 Å². The SMILES string of the molecule is CC(C)CNCC1(COCC(F)(F)F)CCOC1C. The molecule has 3 nitrogen and oxygen atoms in total. The van der Waals surface area contributed by atoms with Crippen molar-refractivity contribution >= 4 is 0 Å². The van der Waals surface area contributed by atoms with E-state index in [0.29, 0.717) is 19.1 Å². The third kappa shape index (κ3) is 5.67. The van der Waals surface area contributed by atoms with Crippen molar-refractivity contribution in [3.63, 3.8) is 0 Å². The lowest BCUT2D eigenvalue weighted by atomic mass is 9.82. The molecule has 0 saturated carbocycles. The zero-order valence-corrected chi connectivity index (χ0v) is 11.8. The van der Waals surface area contributed by atoms with Crippen LogP contribution >= 0.6 is 0 Å². The van der Waals surface area contributed by atoms with E-state index in [1.165, 1.54) is 0 Å². The minimum Gasteiger partial charge on any atom is -0.378 e. The Balaban J connectivity index is 2.46. The first-order valence-corrected chi connectivity index (χ1v) is 6.72. The lowest BCUT2D eigenvalue weighted by Crippen LogP contribution is -2.44. The number of halogens is 3. The largest absolute Gasteiger partial charge is 0.411 e. The van der Waals surface area contributed by atoms with Crippen molar-refractivity contribution < 1.29 is 22.6 Å². The van der Waals surface area contributed by atoms with Crippen LogP contribution in [0, 0.1) is 11.3 Å². The number of ether oxygens (including phenoxy) is 2. The molecule has 6 heteroatoms. The van der Waals surface area contributed by atoms with E-state index >= 15 is 0 Å². The summed E-state index contributed by atoms with van der Waals surface area (Å²) in [5, 5.41) is 3.30. The van der Waals surface area contributed by atoms with E-state index in [9.17, 15) is 13.2 Å². The molecule has 0 aromatic carbocycles. The molecular formula is C13H24F3NO2. The van der Waals surface area contributed by atoms with Gasteiger partial charge in [0.1, 0.15) is 6.61 Å². The summed E-state index contributed by atoms with van der Waals surface area (Å²) in [5.41, 5.74) is -0.347. The summed E-state index contributed by atoms with van der Waals surface area (Å²) in [6, 6.07) is 0. The highest BCUT2D eigenvalue weighted by atomic mass is 19.4. The van der Waals surface area contributed by atoms with Crippen LogP contribution < -0.4 is 5.32 Å². The number of hydrogen-bond acceptors (Lipinski definition) is 3. The van der Waals surface area contributed by atoms with Crippen molar-refractivity contribution in [3.05, 3.63) is 0 Å². The summed E-state index contributed by atoms with van der Waals surface area (Å²) in [7, 11) is 0. The minimum atomic E-state index is -4.27. The summed E-state index contributed by atoms with van der Waals surface area (Å²) in [6.45, 7) is 7.03. The van der Waals surface area contributed by atoms with Crippen LogP contribution in [0.15, 0.2) is 0 Å². The summed E-state index contributed by atoms with van der Waals surface area (Å²) in [6.07, 6.45) is -3.62. The Kier molecular flexibility index (Phi) is 6.08. The van der Waals surface area contributed by atoms with Gasteiger partial charge in [-0.1, -0.05) is 13.8 Å². The van der Waals surface area contributed by atoms with E-state index in [-0.39, 0.29) is 18.1 Å².